The Hall–Kier alpha value is -3.19. The van der Waals surface area contributed by atoms with Gasteiger partial charge in [-0.05, 0) is 47.8 Å². The summed E-state index contributed by atoms with van der Waals surface area (Å²) in [7, 11) is 1.60. The summed E-state index contributed by atoms with van der Waals surface area (Å²) in [5, 5.41) is 4.78. The van der Waals surface area contributed by atoms with Crippen LogP contribution in [0.4, 0.5) is 5.69 Å². The maximum atomic E-state index is 12.4. The van der Waals surface area contributed by atoms with E-state index in [0.717, 1.165) is 17.1 Å². The molecular weight excluding hydrogens is 366 g/mol. The molecule has 3 aromatic rings. The second kappa shape index (κ2) is 7.59. The molecule has 138 valence electrons. The maximum Gasteiger partial charge on any atom is 0.265 e. The quantitative estimate of drug-likeness (QED) is 0.687. The molecule has 1 aliphatic rings. The number of carbonyl (C=O) groups is 1. The number of hydrogen-bond acceptors (Lipinski definition) is 6. The van der Waals surface area contributed by atoms with E-state index in [0.29, 0.717) is 28.7 Å². The van der Waals surface area contributed by atoms with Gasteiger partial charge < -0.3 is 24.3 Å². The molecular formula is C20H17NO5S. The SMILES string of the molecule is COc1ccc(NC(=O)c2cc(COc3ccc4c(c3)OCO4)cs2)cc1. The van der Waals surface area contributed by atoms with Crippen LogP contribution < -0.4 is 24.3 Å². The highest BCUT2D eigenvalue weighted by Gasteiger charge is 2.14. The molecule has 0 bridgehead atoms. The second-order valence-corrected chi connectivity index (χ2v) is 6.72. The number of anilines is 1. The Kier molecular flexibility index (Phi) is 4.84. The summed E-state index contributed by atoms with van der Waals surface area (Å²) in [5.41, 5.74) is 1.64. The van der Waals surface area contributed by atoms with Crippen molar-refractivity contribution in [3.05, 3.63) is 64.4 Å². The van der Waals surface area contributed by atoms with Gasteiger partial charge in [-0.15, -0.1) is 11.3 Å². The highest BCUT2D eigenvalue weighted by atomic mass is 32.1. The predicted octanol–water partition coefficient (Wildman–Crippen LogP) is 4.32. The number of nitrogens with one attached hydrogen (secondary N) is 1. The largest absolute Gasteiger partial charge is 0.497 e. The average molecular weight is 383 g/mol. The van der Waals surface area contributed by atoms with E-state index in [-0.39, 0.29) is 12.7 Å². The molecule has 27 heavy (non-hydrogen) atoms. The number of ether oxygens (including phenoxy) is 4. The zero-order valence-corrected chi connectivity index (χ0v) is 15.4. The first-order chi connectivity index (χ1) is 13.2. The summed E-state index contributed by atoms with van der Waals surface area (Å²) in [6.45, 7) is 0.599. The minimum absolute atomic E-state index is 0.153. The van der Waals surface area contributed by atoms with Crippen LogP contribution in [0.3, 0.4) is 0 Å². The van der Waals surface area contributed by atoms with Gasteiger partial charge in [0, 0.05) is 17.3 Å². The second-order valence-electron chi connectivity index (χ2n) is 5.81. The van der Waals surface area contributed by atoms with E-state index in [4.69, 9.17) is 18.9 Å². The van der Waals surface area contributed by atoms with E-state index in [9.17, 15) is 4.79 Å². The molecule has 1 aromatic heterocycles. The third-order valence-corrected chi connectivity index (χ3v) is 4.95. The molecule has 0 unspecified atom stereocenters. The fourth-order valence-electron chi connectivity index (χ4n) is 2.57. The summed E-state index contributed by atoms with van der Waals surface area (Å²) in [5.74, 6) is 2.68. The molecule has 0 saturated heterocycles. The van der Waals surface area contributed by atoms with Gasteiger partial charge >= 0.3 is 0 Å². The molecule has 0 fully saturated rings. The van der Waals surface area contributed by atoms with E-state index in [1.807, 2.05) is 23.6 Å². The molecule has 0 aliphatic carbocycles. The number of carbonyl (C=O) groups excluding carboxylic acids is 1. The van der Waals surface area contributed by atoms with Crippen molar-refractivity contribution in [2.45, 2.75) is 6.61 Å². The van der Waals surface area contributed by atoms with Gasteiger partial charge in [0.25, 0.3) is 5.91 Å². The zero-order valence-electron chi connectivity index (χ0n) is 14.6. The smallest absolute Gasteiger partial charge is 0.265 e. The van der Waals surface area contributed by atoms with E-state index in [2.05, 4.69) is 5.32 Å². The lowest BCUT2D eigenvalue weighted by molar-refractivity contribution is 0.103. The summed E-state index contributed by atoms with van der Waals surface area (Å²) in [6.07, 6.45) is 0. The molecule has 2 heterocycles. The summed E-state index contributed by atoms with van der Waals surface area (Å²) >= 11 is 1.38. The van der Waals surface area contributed by atoms with Crippen molar-refractivity contribution in [1.82, 2.24) is 0 Å². The third-order valence-electron chi connectivity index (χ3n) is 3.97. The van der Waals surface area contributed by atoms with Crippen LogP contribution in [0, 0.1) is 0 Å². The molecule has 1 aliphatic heterocycles. The lowest BCUT2D eigenvalue weighted by Crippen LogP contribution is -2.10. The Bertz CT molecular complexity index is 951. The zero-order chi connectivity index (χ0) is 18.6. The highest BCUT2D eigenvalue weighted by molar-refractivity contribution is 7.12. The lowest BCUT2D eigenvalue weighted by atomic mass is 10.2. The molecule has 7 heteroatoms. The predicted molar refractivity (Wildman–Crippen MR) is 102 cm³/mol. The number of amides is 1. The van der Waals surface area contributed by atoms with Crippen molar-refractivity contribution < 1.29 is 23.7 Å². The molecule has 4 rings (SSSR count). The monoisotopic (exact) mass is 383 g/mol. The van der Waals surface area contributed by atoms with Crippen LogP contribution in [-0.4, -0.2) is 19.8 Å². The van der Waals surface area contributed by atoms with E-state index >= 15 is 0 Å². The topological polar surface area (TPSA) is 66.0 Å². The summed E-state index contributed by atoms with van der Waals surface area (Å²) in [6, 6.07) is 14.5. The Balaban J connectivity index is 1.35. The number of rotatable bonds is 6. The van der Waals surface area contributed by atoms with Gasteiger partial charge in [0.2, 0.25) is 6.79 Å². The van der Waals surface area contributed by atoms with Crippen molar-refractivity contribution in [3.8, 4) is 23.0 Å². The molecule has 6 nitrogen and oxygen atoms in total. The van der Waals surface area contributed by atoms with Crippen molar-refractivity contribution in [1.29, 1.82) is 0 Å². The van der Waals surface area contributed by atoms with Crippen LogP contribution in [-0.2, 0) is 6.61 Å². The summed E-state index contributed by atoms with van der Waals surface area (Å²) < 4.78 is 21.5. The van der Waals surface area contributed by atoms with Crippen LogP contribution in [0.1, 0.15) is 15.2 Å². The minimum atomic E-state index is -0.153. The number of hydrogen-bond donors (Lipinski definition) is 1. The highest BCUT2D eigenvalue weighted by Crippen LogP contribution is 2.35. The molecule has 0 spiro atoms. The number of thiophene rings is 1. The Labute approximate surface area is 160 Å². The fourth-order valence-corrected chi connectivity index (χ4v) is 3.36. The van der Waals surface area contributed by atoms with Gasteiger partial charge in [-0.25, -0.2) is 0 Å². The van der Waals surface area contributed by atoms with Crippen molar-refractivity contribution in [3.63, 3.8) is 0 Å². The molecule has 1 amide bonds. The van der Waals surface area contributed by atoms with E-state index in [1.165, 1.54) is 11.3 Å². The van der Waals surface area contributed by atoms with Crippen LogP contribution in [0.25, 0.3) is 0 Å². The standard InChI is InChI=1S/C20H17NO5S/c1-23-15-4-2-14(3-5-15)21-20(22)19-8-13(11-27-19)10-24-16-6-7-17-18(9-16)26-12-25-17/h2-9,11H,10,12H2,1H3,(H,21,22). The van der Waals surface area contributed by atoms with Gasteiger partial charge in [0.15, 0.2) is 11.5 Å². The van der Waals surface area contributed by atoms with E-state index < -0.39 is 0 Å². The van der Waals surface area contributed by atoms with Gasteiger partial charge in [-0.3, -0.25) is 4.79 Å². The maximum absolute atomic E-state index is 12.4. The van der Waals surface area contributed by atoms with Gasteiger partial charge in [0.05, 0.1) is 12.0 Å². The van der Waals surface area contributed by atoms with Crippen molar-refractivity contribution in [2.24, 2.45) is 0 Å². The van der Waals surface area contributed by atoms with Crippen molar-refractivity contribution in [2.75, 3.05) is 19.2 Å². The van der Waals surface area contributed by atoms with Gasteiger partial charge in [0.1, 0.15) is 18.1 Å². The number of fused-ring (bicyclic) bond motifs is 1. The Morgan fingerprint density at radius 2 is 1.85 bits per heavy atom. The molecule has 0 atom stereocenters. The first kappa shape index (κ1) is 17.2. The number of methoxy groups -OCH3 is 1. The van der Waals surface area contributed by atoms with Gasteiger partial charge in [-0.2, -0.15) is 0 Å². The van der Waals surface area contributed by atoms with Crippen LogP contribution in [0.2, 0.25) is 0 Å². The van der Waals surface area contributed by atoms with Crippen LogP contribution in [0.5, 0.6) is 23.0 Å². The molecule has 0 saturated carbocycles. The molecule has 2 aromatic carbocycles. The minimum Gasteiger partial charge on any atom is -0.497 e. The first-order valence-electron chi connectivity index (χ1n) is 8.26. The fraction of sp³-hybridized carbons (Fsp3) is 0.150. The van der Waals surface area contributed by atoms with Crippen LogP contribution in [0.15, 0.2) is 53.9 Å². The molecule has 0 radical (unpaired) electrons. The van der Waals surface area contributed by atoms with E-state index in [1.54, 1.807) is 37.4 Å². The summed E-state index contributed by atoms with van der Waals surface area (Å²) in [4.78, 5) is 13.0. The Morgan fingerprint density at radius 3 is 2.67 bits per heavy atom. The van der Waals surface area contributed by atoms with Crippen molar-refractivity contribution >= 4 is 22.9 Å². The molecule has 1 N–H and O–H groups in total. The Morgan fingerprint density at radius 1 is 1.07 bits per heavy atom. The normalized spacial score (nSPS) is 11.9. The van der Waals surface area contributed by atoms with Gasteiger partial charge in [-0.1, -0.05) is 0 Å². The average Bonchev–Trinajstić information content (AvgIpc) is 3.36. The number of benzene rings is 2. The third kappa shape index (κ3) is 3.98. The first-order valence-corrected chi connectivity index (χ1v) is 9.14. The lowest BCUT2D eigenvalue weighted by Gasteiger charge is -2.06. The van der Waals surface area contributed by atoms with Crippen LogP contribution >= 0.6 is 11.3 Å².